The molecule has 0 N–H and O–H groups in total. The zero-order valence-electron chi connectivity index (χ0n) is 7.60. The molecule has 1 heteroatoms. The first-order chi connectivity index (χ1) is 6.42. The Kier molecular flexibility index (Phi) is 1.39. The molecular formula is C12H12O. The van der Waals surface area contributed by atoms with Gasteiger partial charge in [0.05, 0.1) is 6.10 Å². The van der Waals surface area contributed by atoms with Gasteiger partial charge in [0.25, 0.3) is 0 Å². The van der Waals surface area contributed by atoms with Gasteiger partial charge < -0.3 is 4.74 Å². The van der Waals surface area contributed by atoms with Crippen LogP contribution in [0.15, 0.2) is 36.4 Å². The van der Waals surface area contributed by atoms with E-state index in [9.17, 15) is 0 Å². The Bertz CT molecular complexity index is 334. The Labute approximate surface area is 78.0 Å². The summed E-state index contributed by atoms with van der Waals surface area (Å²) in [7, 11) is 1.81. The van der Waals surface area contributed by atoms with Gasteiger partial charge in [-0.3, -0.25) is 0 Å². The molecular weight excluding hydrogens is 160 g/mol. The van der Waals surface area contributed by atoms with Crippen molar-refractivity contribution < 1.29 is 4.74 Å². The van der Waals surface area contributed by atoms with Crippen LogP contribution in [0.2, 0.25) is 0 Å². The molecule has 0 fully saturated rings. The molecule has 1 nitrogen and oxygen atoms in total. The number of methoxy groups -OCH3 is 1. The number of hydrogen-bond donors (Lipinski definition) is 0. The summed E-state index contributed by atoms with van der Waals surface area (Å²) in [5, 5.41) is 0. The maximum Gasteiger partial charge on any atom is 0.0777 e. The third-order valence-corrected chi connectivity index (χ3v) is 3.22. The fourth-order valence-corrected chi connectivity index (χ4v) is 2.65. The number of hydrogen-bond acceptors (Lipinski definition) is 1. The highest BCUT2D eigenvalue weighted by atomic mass is 16.5. The highest BCUT2D eigenvalue weighted by Gasteiger charge is 2.41. The van der Waals surface area contributed by atoms with E-state index in [1.54, 1.807) is 0 Å². The van der Waals surface area contributed by atoms with Crippen molar-refractivity contribution in [2.24, 2.45) is 0 Å². The second-order valence-electron chi connectivity index (χ2n) is 3.77. The third-order valence-electron chi connectivity index (χ3n) is 3.22. The number of ether oxygens (including phenoxy) is 1. The largest absolute Gasteiger partial charge is 0.380 e. The Hall–Kier alpha value is -1.08. The van der Waals surface area contributed by atoms with Gasteiger partial charge in [0, 0.05) is 18.9 Å². The molecule has 1 aromatic carbocycles. The van der Waals surface area contributed by atoms with Gasteiger partial charge in [-0.15, -0.1) is 0 Å². The lowest BCUT2D eigenvalue weighted by Crippen LogP contribution is -2.13. The average molecular weight is 172 g/mol. The average Bonchev–Trinajstić information content (AvgIpc) is 2.73. The SMILES string of the molecule is COC1C2C=CC1c1ccccc12. The van der Waals surface area contributed by atoms with Crippen molar-refractivity contribution in [3.05, 3.63) is 47.5 Å². The molecule has 0 spiro atoms. The molecule has 66 valence electrons. The Morgan fingerprint density at radius 1 is 1.00 bits per heavy atom. The normalized spacial score (nSPS) is 33.8. The molecule has 0 aliphatic heterocycles. The predicted octanol–water partition coefficient (Wildman–Crippen LogP) is 2.45. The fraction of sp³-hybridized carbons (Fsp3) is 0.333. The summed E-state index contributed by atoms with van der Waals surface area (Å²) < 4.78 is 5.52. The van der Waals surface area contributed by atoms with E-state index in [2.05, 4.69) is 36.4 Å². The van der Waals surface area contributed by atoms with Crippen LogP contribution < -0.4 is 0 Å². The lowest BCUT2D eigenvalue weighted by Gasteiger charge is -2.13. The molecule has 0 radical (unpaired) electrons. The van der Waals surface area contributed by atoms with Crippen LogP contribution in [-0.4, -0.2) is 13.2 Å². The van der Waals surface area contributed by atoms with E-state index in [0.29, 0.717) is 17.9 Å². The molecule has 1 aromatic rings. The summed E-state index contributed by atoms with van der Waals surface area (Å²) in [6, 6.07) is 8.66. The fourth-order valence-electron chi connectivity index (χ4n) is 2.65. The van der Waals surface area contributed by atoms with E-state index in [1.165, 1.54) is 11.1 Å². The van der Waals surface area contributed by atoms with Crippen molar-refractivity contribution in [1.82, 2.24) is 0 Å². The van der Waals surface area contributed by atoms with Crippen LogP contribution in [0.4, 0.5) is 0 Å². The number of rotatable bonds is 1. The molecule has 2 aliphatic carbocycles. The van der Waals surface area contributed by atoms with E-state index >= 15 is 0 Å². The first-order valence-electron chi connectivity index (χ1n) is 4.72. The van der Waals surface area contributed by atoms with Crippen LogP contribution in [0.1, 0.15) is 23.0 Å². The molecule has 13 heavy (non-hydrogen) atoms. The summed E-state index contributed by atoms with van der Waals surface area (Å²) in [6.45, 7) is 0. The quantitative estimate of drug-likeness (QED) is 0.591. The van der Waals surface area contributed by atoms with Gasteiger partial charge in [-0.2, -0.15) is 0 Å². The Balaban J connectivity index is 2.15. The molecule has 0 heterocycles. The summed E-state index contributed by atoms with van der Waals surface area (Å²) in [5.74, 6) is 1.01. The van der Waals surface area contributed by atoms with Crippen molar-refractivity contribution in [2.45, 2.75) is 17.9 Å². The zero-order chi connectivity index (χ0) is 8.84. The van der Waals surface area contributed by atoms with Crippen LogP contribution in [-0.2, 0) is 4.74 Å². The van der Waals surface area contributed by atoms with Crippen LogP contribution in [0.3, 0.4) is 0 Å². The van der Waals surface area contributed by atoms with E-state index in [1.807, 2.05) is 7.11 Å². The van der Waals surface area contributed by atoms with Crippen molar-refractivity contribution in [3.63, 3.8) is 0 Å². The lowest BCUT2D eigenvalue weighted by molar-refractivity contribution is 0.0967. The zero-order valence-corrected chi connectivity index (χ0v) is 7.60. The van der Waals surface area contributed by atoms with Crippen LogP contribution in [0, 0.1) is 0 Å². The van der Waals surface area contributed by atoms with Gasteiger partial charge >= 0.3 is 0 Å². The maximum absolute atomic E-state index is 5.52. The summed E-state index contributed by atoms with van der Waals surface area (Å²) >= 11 is 0. The molecule has 2 bridgehead atoms. The van der Waals surface area contributed by atoms with E-state index in [-0.39, 0.29) is 0 Å². The molecule has 0 saturated carbocycles. The minimum atomic E-state index is 0.359. The highest BCUT2D eigenvalue weighted by Crippen LogP contribution is 2.49. The Morgan fingerprint density at radius 2 is 1.54 bits per heavy atom. The monoisotopic (exact) mass is 172 g/mol. The van der Waals surface area contributed by atoms with Gasteiger partial charge in [0.15, 0.2) is 0 Å². The second kappa shape index (κ2) is 2.46. The molecule has 0 aromatic heterocycles. The van der Waals surface area contributed by atoms with Gasteiger partial charge in [-0.05, 0) is 11.1 Å². The molecule has 2 aliphatic rings. The van der Waals surface area contributed by atoms with Crippen LogP contribution in [0.25, 0.3) is 0 Å². The third kappa shape index (κ3) is 0.802. The van der Waals surface area contributed by atoms with Crippen molar-refractivity contribution in [1.29, 1.82) is 0 Å². The smallest absolute Gasteiger partial charge is 0.0777 e. The van der Waals surface area contributed by atoms with Crippen LogP contribution >= 0.6 is 0 Å². The van der Waals surface area contributed by atoms with Gasteiger partial charge in [0.1, 0.15) is 0 Å². The van der Waals surface area contributed by atoms with Gasteiger partial charge in [0.2, 0.25) is 0 Å². The standard InChI is InChI=1S/C12H12O/c1-13-12-10-6-7-11(12)9-5-3-2-4-8(9)10/h2-7,10-12H,1H3. The van der Waals surface area contributed by atoms with E-state index in [0.717, 1.165) is 0 Å². The Morgan fingerprint density at radius 3 is 2.00 bits per heavy atom. The van der Waals surface area contributed by atoms with Crippen LogP contribution in [0.5, 0.6) is 0 Å². The summed E-state index contributed by atoms with van der Waals surface area (Å²) in [4.78, 5) is 0. The van der Waals surface area contributed by atoms with Crippen molar-refractivity contribution >= 4 is 0 Å². The molecule has 0 saturated heterocycles. The minimum Gasteiger partial charge on any atom is -0.380 e. The topological polar surface area (TPSA) is 9.23 Å². The number of fused-ring (bicyclic) bond motifs is 5. The molecule has 0 amide bonds. The first-order valence-corrected chi connectivity index (χ1v) is 4.72. The second-order valence-corrected chi connectivity index (χ2v) is 3.77. The summed E-state index contributed by atoms with van der Waals surface area (Å²) in [5.41, 5.74) is 2.92. The molecule has 3 rings (SSSR count). The van der Waals surface area contributed by atoms with E-state index < -0.39 is 0 Å². The maximum atomic E-state index is 5.52. The molecule has 2 atom stereocenters. The highest BCUT2D eigenvalue weighted by molar-refractivity contribution is 5.50. The first kappa shape index (κ1) is 7.34. The summed E-state index contributed by atoms with van der Waals surface area (Å²) in [6.07, 6.45) is 4.92. The minimum absolute atomic E-state index is 0.359. The van der Waals surface area contributed by atoms with E-state index in [4.69, 9.17) is 4.74 Å². The van der Waals surface area contributed by atoms with Crippen molar-refractivity contribution in [3.8, 4) is 0 Å². The van der Waals surface area contributed by atoms with Gasteiger partial charge in [-0.25, -0.2) is 0 Å². The lowest BCUT2D eigenvalue weighted by atomic mass is 9.97. The predicted molar refractivity (Wildman–Crippen MR) is 51.9 cm³/mol. The number of benzene rings is 1. The van der Waals surface area contributed by atoms with Crippen molar-refractivity contribution in [2.75, 3.05) is 7.11 Å². The molecule has 2 unspecified atom stereocenters. The van der Waals surface area contributed by atoms with Gasteiger partial charge in [-0.1, -0.05) is 36.4 Å².